The summed E-state index contributed by atoms with van der Waals surface area (Å²) >= 11 is 6.71. The van der Waals surface area contributed by atoms with Crippen LogP contribution >= 0.6 is 23.6 Å². The van der Waals surface area contributed by atoms with Crippen molar-refractivity contribution in [2.45, 2.75) is 12.8 Å². The van der Waals surface area contributed by atoms with Gasteiger partial charge in [0.1, 0.15) is 11.6 Å². The number of nitrogens with zero attached hydrogens (tertiary/aromatic N) is 1. The molecule has 42 heavy (non-hydrogen) atoms. The Bertz CT molecular complexity index is 1730. The Labute approximate surface area is 250 Å². The van der Waals surface area contributed by atoms with Crippen molar-refractivity contribution in [2.75, 3.05) is 19.0 Å². The lowest BCUT2D eigenvalue weighted by atomic mass is 10.1. The van der Waals surface area contributed by atoms with Gasteiger partial charge in [-0.05, 0) is 65.7 Å². The van der Waals surface area contributed by atoms with E-state index in [4.69, 9.17) is 21.8 Å². The van der Waals surface area contributed by atoms with Crippen LogP contribution in [0.5, 0.6) is 11.5 Å². The Morgan fingerprint density at radius 1 is 0.976 bits per heavy atom. The number of halogens is 2. The number of amides is 1. The van der Waals surface area contributed by atoms with Gasteiger partial charge < -0.3 is 20.2 Å². The molecule has 5 rings (SSSR count). The maximum atomic E-state index is 15.1. The molecule has 1 amide bonds. The quantitative estimate of drug-likeness (QED) is 0.0921. The van der Waals surface area contributed by atoms with Gasteiger partial charge in [0, 0.05) is 35.4 Å². The number of ether oxygens (including phenoxy) is 1. The normalized spacial score (nSPS) is 10.9. The van der Waals surface area contributed by atoms with Gasteiger partial charge in [0.25, 0.3) is 0 Å². The fourth-order valence-electron chi connectivity index (χ4n) is 4.22. The highest BCUT2D eigenvalue weighted by molar-refractivity contribution is 7.80. The molecule has 0 fully saturated rings. The van der Waals surface area contributed by atoms with Crippen LogP contribution in [-0.2, 0) is 22.5 Å². The number of thiocarbonyl (C=S) groups is 1. The van der Waals surface area contributed by atoms with Crippen LogP contribution in [-0.4, -0.2) is 29.7 Å². The van der Waals surface area contributed by atoms with E-state index in [-0.39, 0.29) is 29.0 Å². The number of nitrogens with one attached hydrogen (secondary N) is 3. The van der Waals surface area contributed by atoms with Gasteiger partial charge in [-0.15, -0.1) is 11.3 Å². The third-order valence-corrected chi connectivity index (χ3v) is 7.58. The summed E-state index contributed by atoms with van der Waals surface area (Å²) in [6.07, 6.45) is 2.46. The average molecular weight is 605 g/mol. The molecular formula is C31H26F2N4O3S2. The zero-order valence-corrected chi connectivity index (χ0v) is 24.1. The molecule has 0 radical (unpaired) electrons. The minimum absolute atomic E-state index is 0.0103. The van der Waals surface area contributed by atoms with E-state index in [1.807, 2.05) is 18.2 Å². The number of fused-ring (bicyclic) bond motifs is 1. The number of carbonyl (C=O) groups excluding carboxylic acids is 1. The molecule has 2 aromatic heterocycles. The SMILES string of the molecule is CONCCc1cccc(-c2cc3nccc(Oc4ccc(NC(=S)NC(=O)Cc5ccc(F)cc5)cc4F)c3s2)c1. The minimum Gasteiger partial charge on any atom is -0.453 e. The minimum atomic E-state index is -0.612. The highest BCUT2D eigenvalue weighted by Crippen LogP contribution is 2.40. The lowest BCUT2D eigenvalue weighted by molar-refractivity contribution is -0.119. The summed E-state index contributed by atoms with van der Waals surface area (Å²) in [5.74, 6) is -0.861. The lowest BCUT2D eigenvalue weighted by Crippen LogP contribution is -2.35. The first kappa shape index (κ1) is 29.2. The van der Waals surface area contributed by atoms with Gasteiger partial charge in [-0.3, -0.25) is 9.78 Å². The average Bonchev–Trinajstić information content (AvgIpc) is 3.42. The van der Waals surface area contributed by atoms with E-state index >= 15 is 4.39 Å². The monoisotopic (exact) mass is 604 g/mol. The number of carbonyl (C=O) groups is 1. The smallest absolute Gasteiger partial charge is 0.230 e. The Kier molecular flexibility index (Phi) is 9.45. The number of thiophene rings is 1. The second kappa shape index (κ2) is 13.6. The van der Waals surface area contributed by atoms with E-state index in [0.717, 1.165) is 27.1 Å². The van der Waals surface area contributed by atoms with Crippen LogP contribution in [0.25, 0.3) is 20.7 Å². The maximum Gasteiger partial charge on any atom is 0.230 e. The molecule has 0 atom stereocenters. The molecule has 3 aromatic carbocycles. The number of anilines is 1. The number of rotatable bonds is 10. The third kappa shape index (κ3) is 7.51. The Morgan fingerprint density at radius 2 is 1.81 bits per heavy atom. The van der Waals surface area contributed by atoms with Crippen molar-refractivity contribution >= 4 is 50.5 Å². The molecule has 0 spiro atoms. The standard InChI is InChI=1S/C31H26F2N4O3S2/c1-39-35-14-11-19-3-2-4-21(15-19)28-18-25-30(42-28)27(12-13-34-25)40-26-10-9-23(17-24(26)33)36-31(41)37-29(38)16-20-5-7-22(32)8-6-20/h2-10,12-13,15,17-18,35H,11,14,16H2,1H3,(H2,36,37,38,41). The summed E-state index contributed by atoms with van der Waals surface area (Å²) in [6, 6.07) is 21.9. The number of hydroxylamine groups is 1. The van der Waals surface area contributed by atoms with Gasteiger partial charge in [0.2, 0.25) is 5.91 Å². The van der Waals surface area contributed by atoms with E-state index in [1.54, 1.807) is 25.4 Å². The van der Waals surface area contributed by atoms with Crippen LogP contribution in [0, 0.1) is 11.6 Å². The van der Waals surface area contributed by atoms with Gasteiger partial charge in [0.15, 0.2) is 16.7 Å². The highest BCUT2D eigenvalue weighted by atomic mass is 32.1. The molecule has 0 unspecified atom stereocenters. The van der Waals surface area contributed by atoms with Crippen molar-refractivity contribution in [3.05, 3.63) is 108 Å². The molecule has 0 bridgehead atoms. The van der Waals surface area contributed by atoms with Crippen molar-refractivity contribution in [3.8, 4) is 21.9 Å². The van der Waals surface area contributed by atoms with E-state index in [1.165, 1.54) is 53.3 Å². The first-order chi connectivity index (χ1) is 20.4. The predicted molar refractivity (Wildman–Crippen MR) is 165 cm³/mol. The molecule has 0 aliphatic heterocycles. The van der Waals surface area contributed by atoms with E-state index in [0.29, 0.717) is 23.5 Å². The molecule has 3 N–H and O–H groups in total. The molecule has 2 heterocycles. The number of aromatic nitrogens is 1. The van der Waals surface area contributed by atoms with Crippen molar-refractivity contribution in [1.82, 2.24) is 15.8 Å². The van der Waals surface area contributed by atoms with Gasteiger partial charge in [0.05, 0.1) is 23.7 Å². The van der Waals surface area contributed by atoms with Gasteiger partial charge >= 0.3 is 0 Å². The fourth-order valence-corrected chi connectivity index (χ4v) is 5.51. The number of hydrogen-bond donors (Lipinski definition) is 3. The van der Waals surface area contributed by atoms with Gasteiger partial charge in [-0.2, -0.15) is 0 Å². The van der Waals surface area contributed by atoms with Crippen molar-refractivity contribution in [3.63, 3.8) is 0 Å². The van der Waals surface area contributed by atoms with Crippen LogP contribution in [0.1, 0.15) is 11.1 Å². The summed E-state index contributed by atoms with van der Waals surface area (Å²) in [6.45, 7) is 0.698. The summed E-state index contributed by atoms with van der Waals surface area (Å²) in [5, 5.41) is 5.34. The van der Waals surface area contributed by atoms with Gasteiger partial charge in [-0.25, -0.2) is 14.3 Å². The second-order valence-electron chi connectivity index (χ2n) is 9.24. The van der Waals surface area contributed by atoms with E-state index in [9.17, 15) is 9.18 Å². The zero-order valence-electron chi connectivity index (χ0n) is 22.4. The topological polar surface area (TPSA) is 84.5 Å². The summed E-state index contributed by atoms with van der Waals surface area (Å²) in [7, 11) is 1.59. The number of benzene rings is 3. The maximum absolute atomic E-state index is 15.1. The third-order valence-electron chi connectivity index (χ3n) is 6.19. The van der Waals surface area contributed by atoms with Crippen molar-refractivity contribution in [2.24, 2.45) is 0 Å². The van der Waals surface area contributed by atoms with Crippen LogP contribution < -0.4 is 20.9 Å². The van der Waals surface area contributed by atoms with Crippen LogP contribution in [0.2, 0.25) is 0 Å². The van der Waals surface area contributed by atoms with Crippen LogP contribution in [0.15, 0.2) is 85.1 Å². The Morgan fingerprint density at radius 3 is 2.60 bits per heavy atom. The summed E-state index contributed by atoms with van der Waals surface area (Å²) < 4.78 is 34.9. The number of hydrogen-bond acceptors (Lipinski definition) is 7. The summed E-state index contributed by atoms with van der Waals surface area (Å²) in [4.78, 5) is 22.7. The largest absolute Gasteiger partial charge is 0.453 e. The molecular weight excluding hydrogens is 578 g/mol. The summed E-state index contributed by atoms with van der Waals surface area (Å²) in [5.41, 5.74) is 6.80. The van der Waals surface area contributed by atoms with Crippen molar-refractivity contribution < 1.29 is 23.1 Å². The van der Waals surface area contributed by atoms with Crippen molar-refractivity contribution in [1.29, 1.82) is 0 Å². The molecule has 11 heteroatoms. The lowest BCUT2D eigenvalue weighted by Gasteiger charge is -2.12. The first-order valence-corrected chi connectivity index (χ1v) is 14.2. The Hall–Kier alpha value is -4.29. The van der Waals surface area contributed by atoms with E-state index < -0.39 is 5.82 Å². The molecule has 0 saturated heterocycles. The predicted octanol–water partition coefficient (Wildman–Crippen LogP) is 6.78. The molecule has 7 nitrogen and oxygen atoms in total. The molecule has 214 valence electrons. The highest BCUT2D eigenvalue weighted by Gasteiger charge is 2.14. The zero-order chi connectivity index (χ0) is 29.5. The van der Waals surface area contributed by atoms with Gasteiger partial charge in [-0.1, -0.05) is 36.4 Å². The number of pyridine rings is 1. The molecule has 0 aliphatic rings. The first-order valence-electron chi connectivity index (χ1n) is 12.9. The Balaban J connectivity index is 1.25. The van der Waals surface area contributed by atoms with Crippen LogP contribution in [0.3, 0.4) is 0 Å². The fraction of sp³-hybridized carbons (Fsp3) is 0.129. The van der Waals surface area contributed by atoms with E-state index in [2.05, 4.69) is 33.2 Å². The van der Waals surface area contributed by atoms with Crippen LogP contribution in [0.4, 0.5) is 14.5 Å². The molecule has 0 saturated carbocycles. The molecule has 5 aromatic rings. The second-order valence-corrected chi connectivity index (χ2v) is 10.7. The molecule has 0 aliphatic carbocycles.